The molecule has 0 fully saturated rings. The molecule has 0 saturated carbocycles. The summed E-state index contributed by atoms with van der Waals surface area (Å²) in [5.74, 6) is 0.981. The van der Waals surface area contributed by atoms with Gasteiger partial charge in [-0.15, -0.1) is 0 Å². The fourth-order valence-corrected chi connectivity index (χ4v) is 2.01. The number of nitrogens with two attached hydrogens (primary N) is 1. The first-order valence-corrected chi connectivity index (χ1v) is 5.82. The van der Waals surface area contributed by atoms with Gasteiger partial charge in [0.05, 0.1) is 6.61 Å². The van der Waals surface area contributed by atoms with Crippen molar-refractivity contribution in [1.82, 2.24) is 0 Å². The predicted molar refractivity (Wildman–Crippen MR) is 62.1 cm³/mol. The number of aryl methyl sites for hydroxylation is 1. The summed E-state index contributed by atoms with van der Waals surface area (Å²) in [5.41, 5.74) is 8.64. The summed E-state index contributed by atoms with van der Waals surface area (Å²) in [4.78, 5) is 0. The minimum Gasteiger partial charge on any atom is -0.493 e. The Labute approximate surface area is 91.4 Å². The molecular formula is C13H19NO. The second-order valence-corrected chi connectivity index (χ2v) is 4.22. The summed E-state index contributed by atoms with van der Waals surface area (Å²) >= 11 is 0. The molecule has 0 unspecified atom stereocenters. The average molecular weight is 205 g/mol. The molecule has 0 amide bonds. The van der Waals surface area contributed by atoms with Crippen LogP contribution in [0.15, 0.2) is 18.2 Å². The van der Waals surface area contributed by atoms with Crippen molar-refractivity contribution in [3.63, 3.8) is 0 Å². The maximum Gasteiger partial charge on any atom is 0.124 e. The van der Waals surface area contributed by atoms with Crippen LogP contribution in [-0.2, 0) is 6.42 Å². The highest BCUT2D eigenvalue weighted by atomic mass is 16.5. The Kier molecular flexibility index (Phi) is 3.27. The molecule has 0 aliphatic carbocycles. The highest BCUT2D eigenvalue weighted by Crippen LogP contribution is 2.31. The Balaban J connectivity index is 2.19. The van der Waals surface area contributed by atoms with Gasteiger partial charge in [-0.1, -0.05) is 25.5 Å². The van der Waals surface area contributed by atoms with Crippen LogP contribution in [0.25, 0.3) is 0 Å². The topological polar surface area (TPSA) is 35.2 Å². The smallest absolute Gasteiger partial charge is 0.124 e. The van der Waals surface area contributed by atoms with E-state index in [1.165, 1.54) is 24.0 Å². The zero-order valence-electron chi connectivity index (χ0n) is 9.33. The Morgan fingerprint density at radius 3 is 3.13 bits per heavy atom. The summed E-state index contributed by atoms with van der Waals surface area (Å²) < 4.78 is 5.57. The van der Waals surface area contributed by atoms with Gasteiger partial charge in [0.2, 0.25) is 0 Å². The molecule has 2 heteroatoms. The third-order valence-corrected chi connectivity index (χ3v) is 2.98. The average Bonchev–Trinajstić information content (AvgIpc) is 2.27. The summed E-state index contributed by atoms with van der Waals surface area (Å²) in [7, 11) is 0. The Bertz CT molecular complexity index is 335. The van der Waals surface area contributed by atoms with Gasteiger partial charge >= 0.3 is 0 Å². The number of unbranched alkanes of at least 4 members (excludes halogenated alkanes) is 1. The quantitative estimate of drug-likeness (QED) is 0.823. The van der Waals surface area contributed by atoms with E-state index in [-0.39, 0.29) is 6.04 Å². The molecule has 0 saturated heterocycles. The van der Waals surface area contributed by atoms with Crippen molar-refractivity contribution in [2.24, 2.45) is 5.73 Å². The van der Waals surface area contributed by atoms with Gasteiger partial charge in [-0.2, -0.15) is 0 Å². The lowest BCUT2D eigenvalue weighted by molar-refractivity contribution is 0.269. The molecule has 1 aliphatic rings. The van der Waals surface area contributed by atoms with Crippen molar-refractivity contribution in [3.8, 4) is 5.75 Å². The van der Waals surface area contributed by atoms with Crippen LogP contribution in [0, 0.1) is 0 Å². The van der Waals surface area contributed by atoms with E-state index in [9.17, 15) is 0 Å². The van der Waals surface area contributed by atoms with E-state index >= 15 is 0 Å². The Morgan fingerprint density at radius 2 is 2.33 bits per heavy atom. The molecule has 15 heavy (non-hydrogen) atoms. The fourth-order valence-electron chi connectivity index (χ4n) is 2.01. The second kappa shape index (κ2) is 4.67. The van der Waals surface area contributed by atoms with E-state index in [0.717, 1.165) is 25.2 Å². The number of fused-ring (bicyclic) bond motifs is 1. The first-order chi connectivity index (χ1) is 7.31. The molecule has 2 nitrogen and oxygen atoms in total. The monoisotopic (exact) mass is 205 g/mol. The van der Waals surface area contributed by atoms with Crippen molar-refractivity contribution < 1.29 is 4.74 Å². The SMILES string of the molecule is CCCCc1ccc2c(c1)[C@H](N)CCO2. The van der Waals surface area contributed by atoms with Gasteiger partial charge in [-0.3, -0.25) is 0 Å². The van der Waals surface area contributed by atoms with Gasteiger partial charge in [0.15, 0.2) is 0 Å². The minimum absolute atomic E-state index is 0.162. The van der Waals surface area contributed by atoms with Crippen LogP contribution in [0.2, 0.25) is 0 Å². The number of rotatable bonds is 3. The lowest BCUT2D eigenvalue weighted by Gasteiger charge is -2.23. The van der Waals surface area contributed by atoms with Gasteiger partial charge in [0, 0.05) is 18.0 Å². The lowest BCUT2D eigenvalue weighted by Crippen LogP contribution is -2.20. The lowest BCUT2D eigenvalue weighted by atomic mass is 9.97. The first-order valence-electron chi connectivity index (χ1n) is 5.82. The molecule has 1 aromatic rings. The largest absolute Gasteiger partial charge is 0.493 e. The maximum atomic E-state index is 6.06. The molecule has 0 radical (unpaired) electrons. The summed E-state index contributed by atoms with van der Waals surface area (Å²) in [6.45, 7) is 2.97. The van der Waals surface area contributed by atoms with E-state index in [1.54, 1.807) is 0 Å². The molecule has 1 aromatic carbocycles. The van der Waals surface area contributed by atoms with Crippen LogP contribution in [0.3, 0.4) is 0 Å². The van der Waals surface area contributed by atoms with Gasteiger partial charge in [0.25, 0.3) is 0 Å². The molecule has 0 aromatic heterocycles. The van der Waals surface area contributed by atoms with Crippen LogP contribution >= 0.6 is 0 Å². The number of hydrogen-bond acceptors (Lipinski definition) is 2. The number of benzene rings is 1. The van der Waals surface area contributed by atoms with Crippen LogP contribution < -0.4 is 10.5 Å². The normalized spacial score (nSPS) is 19.5. The predicted octanol–water partition coefficient (Wildman–Crippen LogP) is 2.81. The first kappa shape index (κ1) is 10.5. The fraction of sp³-hybridized carbons (Fsp3) is 0.538. The third-order valence-electron chi connectivity index (χ3n) is 2.98. The van der Waals surface area contributed by atoms with Crippen molar-refractivity contribution in [1.29, 1.82) is 0 Å². The van der Waals surface area contributed by atoms with Crippen molar-refractivity contribution in [2.45, 2.75) is 38.6 Å². The maximum absolute atomic E-state index is 6.06. The van der Waals surface area contributed by atoms with E-state index < -0.39 is 0 Å². The number of hydrogen-bond donors (Lipinski definition) is 1. The molecule has 1 heterocycles. The summed E-state index contributed by atoms with van der Waals surface area (Å²) in [5, 5.41) is 0. The van der Waals surface area contributed by atoms with E-state index in [0.29, 0.717) is 0 Å². The second-order valence-electron chi connectivity index (χ2n) is 4.22. The highest BCUT2D eigenvalue weighted by Gasteiger charge is 2.17. The zero-order chi connectivity index (χ0) is 10.7. The van der Waals surface area contributed by atoms with Crippen LogP contribution in [0.5, 0.6) is 5.75 Å². The van der Waals surface area contributed by atoms with Gasteiger partial charge in [-0.05, 0) is 24.5 Å². The van der Waals surface area contributed by atoms with E-state index in [2.05, 4.69) is 25.1 Å². The Morgan fingerprint density at radius 1 is 1.47 bits per heavy atom. The van der Waals surface area contributed by atoms with Crippen molar-refractivity contribution in [2.75, 3.05) is 6.61 Å². The van der Waals surface area contributed by atoms with Crippen LogP contribution in [-0.4, -0.2) is 6.61 Å². The highest BCUT2D eigenvalue weighted by molar-refractivity contribution is 5.40. The van der Waals surface area contributed by atoms with Gasteiger partial charge in [-0.25, -0.2) is 0 Å². The summed E-state index contributed by atoms with van der Waals surface area (Å²) in [6.07, 6.45) is 4.56. The third kappa shape index (κ3) is 2.32. The molecule has 0 bridgehead atoms. The minimum atomic E-state index is 0.162. The number of ether oxygens (including phenoxy) is 1. The zero-order valence-corrected chi connectivity index (χ0v) is 9.33. The molecule has 2 rings (SSSR count). The standard InChI is InChI=1S/C13H19NO/c1-2-3-4-10-5-6-13-11(9-10)12(14)7-8-15-13/h5-6,9,12H,2-4,7-8,14H2,1H3/t12-/m1/s1. The molecule has 2 N–H and O–H groups in total. The Hall–Kier alpha value is -1.02. The molecular weight excluding hydrogens is 186 g/mol. The van der Waals surface area contributed by atoms with E-state index in [1.807, 2.05) is 0 Å². The summed E-state index contributed by atoms with van der Waals surface area (Å²) in [6, 6.07) is 6.61. The van der Waals surface area contributed by atoms with Crippen LogP contribution in [0.1, 0.15) is 43.4 Å². The van der Waals surface area contributed by atoms with E-state index in [4.69, 9.17) is 10.5 Å². The molecule has 0 spiro atoms. The molecule has 1 aliphatic heterocycles. The van der Waals surface area contributed by atoms with Crippen molar-refractivity contribution in [3.05, 3.63) is 29.3 Å². The van der Waals surface area contributed by atoms with Crippen molar-refractivity contribution >= 4 is 0 Å². The molecule has 1 atom stereocenters. The van der Waals surface area contributed by atoms with Gasteiger partial charge in [0.1, 0.15) is 5.75 Å². The van der Waals surface area contributed by atoms with Gasteiger partial charge < -0.3 is 10.5 Å². The molecule has 82 valence electrons. The van der Waals surface area contributed by atoms with Crippen LogP contribution in [0.4, 0.5) is 0 Å².